The van der Waals surface area contributed by atoms with Crippen LogP contribution in [0, 0.1) is 13.8 Å². The molecule has 0 heterocycles. The van der Waals surface area contributed by atoms with Gasteiger partial charge in [-0.05, 0) is 43.9 Å². The Morgan fingerprint density at radius 3 is 2.61 bits per heavy atom. The number of aliphatic imine (C=N–C) groups is 1. The molecular weight excluding hydrogens is 222 g/mol. The maximum absolute atomic E-state index is 9.52. The molecular formula is C16H21NO. The lowest BCUT2D eigenvalue weighted by Crippen LogP contribution is -1.94. The minimum absolute atomic E-state index is 0.767. The van der Waals surface area contributed by atoms with Crippen molar-refractivity contribution in [3.8, 4) is 0 Å². The lowest BCUT2D eigenvalue weighted by molar-refractivity contribution is 0.476. The molecule has 0 saturated heterocycles. The quantitative estimate of drug-likeness (QED) is 0.468. The molecule has 0 aliphatic carbocycles. The summed E-state index contributed by atoms with van der Waals surface area (Å²) in [5.41, 5.74) is 4.97. The molecule has 2 heteroatoms. The van der Waals surface area contributed by atoms with Crippen LogP contribution in [-0.4, -0.2) is 11.3 Å². The van der Waals surface area contributed by atoms with Gasteiger partial charge in [-0.15, -0.1) is 0 Å². The van der Waals surface area contributed by atoms with Crippen molar-refractivity contribution in [2.75, 3.05) is 0 Å². The number of rotatable bonds is 4. The second kappa shape index (κ2) is 6.80. The van der Waals surface area contributed by atoms with Gasteiger partial charge in [0.15, 0.2) is 0 Å². The van der Waals surface area contributed by atoms with Gasteiger partial charge in [0, 0.05) is 11.8 Å². The van der Waals surface area contributed by atoms with Crippen molar-refractivity contribution in [2.24, 2.45) is 4.99 Å². The molecule has 1 rings (SSSR count). The average Bonchev–Trinajstić information content (AvgIpc) is 2.38. The van der Waals surface area contributed by atoms with Crippen LogP contribution in [0.3, 0.4) is 0 Å². The Labute approximate surface area is 109 Å². The number of nitrogens with zero attached hydrogens (tertiary/aromatic N) is 1. The summed E-state index contributed by atoms with van der Waals surface area (Å²) in [6, 6.07) is 6.08. The molecule has 0 aliphatic rings. The molecule has 1 aromatic rings. The van der Waals surface area contributed by atoms with E-state index in [1.54, 1.807) is 0 Å². The second-order valence-corrected chi connectivity index (χ2v) is 4.18. The van der Waals surface area contributed by atoms with Gasteiger partial charge >= 0.3 is 0 Å². The molecule has 0 saturated carbocycles. The minimum Gasteiger partial charge on any atom is -0.515 e. The Bertz CT molecular complexity index is 496. The number of aryl methyl sites for hydroxylation is 1. The molecule has 0 radical (unpaired) electrons. The molecule has 1 aromatic carbocycles. The Kier molecular flexibility index (Phi) is 5.37. The zero-order valence-corrected chi connectivity index (χ0v) is 11.6. The zero-order valence-electron chi connectivity index (χ0n) is 11.6. The third kappa shape index (κ3) is 3.10. The lowest BCUT2D eigenvalue weighted by Gasteiger charge is -2.12. The van der Waals surface area contributed by atoms with Crippen LogP contribution in [0.5, 0.6) is 0 Å². The van der Waals surface area contributed by atoms with Gasteiger partial charge < -0.3 is 5.11 Å². The Balaban J connectivity index is 3.26. The summed E-state index contributed by atoms with van der Waals surface area (Å²) in [7, 11) is 0. The van der Waals surface area contributed by atoms with Gasteiger partial charge in [0.2, 0.25) is 0 Å². The fraction of sp³-hybridized carbons (Fsp3) is 0.312. The first-order valence-electron chi connectivity index (χ1n) is 6.25. The third-order valence-corrected chi connectivity index (χ3v) is 2.99. The third-order valence-electron chi connectivity index (χ3n) is 2.99. The Morgan fingerprint density at radius 1 is 1.33 bits per heavy atom. The van der Waals surface area contributed by atoms with E-state index >= 15 is 0 Å². The monoisotopic (exact) mass is 243 g/mol. The first kappa shape index (κ1) is 14.2. The van der Waals surface area contributed by atoms with Crippen molar-refractivity contribution < 1.29 is 5.11 Å². The first-order valence-corrected chi connectivity index (χ1v) is 6.25. The molecule has 0 aliphatic heterocycles. The zero-order chi connectivity index (χ0) is 13.5. The highest BCUT2D eigenvalue weighted by atomic mass is 16.2. The van der Waals surface area contributed by atoms with Crippen molar-refractivity contribution in [2.45, 2.75) is 34.1 Å². The highest BCUT2D eigenvalue weighted by molar-refractivity contribution is 5.81. The van der Waals surface area contributed by atoms with Gasteiger partial charge in [-0.1, -0.05) is 31.2 Å². The predicted molar refractivity (Wildman–Crippen MR) is 79.1 cm³/mol. The number of aliphatic hydroxyl groups is 1. The van der Waals surface area contributed by atoms with E-state index in [0.717, 1.165) is 29.5 Å². The molecule has 18 heavy (non-hydrogen) atoms. The Hall–Kier alpha value is -1.83. The summed E-state index contributed by atoms with van der Waals surface area (Å²) in [4.78, 5) is 4.39. The summed E-state index contributed by atoms with van der Waals surface area (Å²) in [6.07, 6.45) is 5.78. The minimum atomic E-state index is 0.767. The van der Waals surface area contributed by atoms with Crippen LogP contribution in [-0.2, 0) is 0 Å². The van der Waals surface area contributed by atoms with E-state index in [1.807, 2.05) is 38.3 Å². The average molecular weight is 243 g/mol. The topological polar surface area (TPSA) is 32.6 Å². The van der Waals surface area contributed by atoms with Crippen LogP contribution in [0.1, 0.15) is 37.0 Å². The van der Waals surface area contributed by atoms with Crippen LogP contribution in [0.15, 0.2) is 41.2 Å². The van der Waals surface area contributed by atoms with Gasteiger partial charge in [0.05, 0.1) is 12.0 Å². The highest BCUT2D eigenvalue weighted by Crippen LogP contribution is 2.27. The van der Waals surface area contributed by atoms with Gasteiger partial charge in [-0.3, -0.25) is 4.99 Å². The summed E-state index contributed by atoms with van der Waals surface area (Å²) >= 11 is 0. The van der Waals surface area contributed by atoms with Crippen LogP contribution in [0.4, 0.5) is 0 Å². The van der Waals surface area contributed by atoms with Gasteiger partial charge in [-0.25, -0.2) is 0 Å². The molecule has 0 fully saturated rings. The molecule has 0 bridgehead atoms. The van der Waals surface area contributed by atoms with Crippen molar-refractivity contribution in [1.29, 1.82) is 0 Å². The highest BCUT2D eigenvalue weighted by Gasteiger charge is 2.10. The van der Waals surface area contributed by atoms with Crippen molar-refractivity contribution in [3.63, 3.8) is 0 Å². The van der Waals surface area contributed by atoms with Gasteiger partial charge in [0.1, 0.15) is 0 Å². The van der Waals surface area contributed by atoms with Crippen molar-refractivity contribution in [1.82, 2.24) is 0 Å². The van der Waals surface area contributed by atoms with E-state index < -0.39 is 0 Å². The summed E-state index contributed by atoms with van der Waals surface area (Å²) < 4.78 is 0. The molecule has 2 nitrogen and oxygen atoms in total. The van der Waals surface area contributed by atoms with E-state index in [1.165, 1.54) is 11.1 Å². The van der Waals surface area contributed by atoms with Crippen LogP contribution >= 0.6 is 0 Å². The molecule has 0 atom stereocenters. The summed E-state index contributed by atoms with van der Waals surface area (Å²) in [5, 5.41) is 9.52. The van der Waals surface area contributed by atoms with Crippen LogP contribution in [0.2, 0.25) is 0 Å². The van der Waals surface area contributed by atoms with Crippen LogP contribution in [0.25, 0.3) is 5.57 Å². The van der Waals surface area contributed by atoms with Gasteiger partial charge in [-0.2, -0.15) is 0 Å². The first-order chi connectivity index (χ1) is 8.65. The smallest absolute Gasteiger partial charge is 0.0891 e. The summed E-state index contributed by atoms with van der Waals surface area (Å²) in [6.45, 7) is 8.09. The SMILES string of the molecule is C/C=C(N=CCC)/C(=C\O)c1cccc(C)c1C. The fourth-order valence-electron chi connectivity index (χ4n) is 1.81. The predicted octanol–water partition coefficient (Wildman–Crippen LogP) is 4.59. The molecule has 1 N–H and O–H groups in total. The summed E-state index contributed by atoms with van der Waals surface area (Å²) in [5.74, 6) is 0. The number of allylic oxidation sites excluding steroid dienone is 2. The maximum atomic E-state index is 9.52. The van der Waals surface area contributed by atoms with E-state index in [9.17, 15) is 5.11 Å². The number of hydrogen-bond acceptors (Lipinski definition) is 2. The second-order valence-electron chi connectivity index (χ2n) is 4.18. The number of benzene rings is 1. The number of aliphatic hydroxyl groups excluding tert-OH is 1. The molecule has 0 aromatic heterocycles. The van der Waals surface area contributed by atoms with Crippen LogP contribution < -0.4 is 0 Å². The molecule has 0 amide bonds. The Morgan fingerprint density at radius 2 is 2.06 bits per heavy atom. The molecule has 0 spiro atoms. The number of hydrogen-bond donors (Lipinski definition) is 1. The standard InChI is InChI=1S/C16H21NO/c1-5-10-17-16(6-2)15(11-18)14-9-7-8-12(3)13(14)4/h6-11,18H,5H2,1-4H3/b15-11-,16-6-,17-10?. The van der Waals surface area contributed by atoms with E-state index in [4.69, 9.17) is 0 Å². The van der Waals surface area contributed by atoms with E-state index in [0.29, 0.717) is 0 Å². The van der Waals surface area contributed by atoms with Gasteiger partial charge in [0.25, 0.3) is 0 Å². The van der Waals surface area contributed by atoms with E-state index in [-0.39, 0.29) is 0 Å². The van der Waals surface area contributed by atoms with Crippen molar-refractivity contribution in [3.05, 3.63) is 52.9 Å². The largest absolute Gasteiger partial charge is 0.515 e. The lowest BCUT2D eigenvalue weighted by atomic mass is 9.96. The van der Waals surface area contributed by atoms with Crippen molar-refractivity contribution >= 4 is 11.8 Å². The fourth-order valence-corrected chi connectivity index (χ4v) is 1.81. The normalized spacial score (nSPS) is 13.3. The maximum Gasteiger partial charge on any atom is 0.0891 e. The molecule has 96 valence electrons. The molecule has 0 unspecified atom stereocenters. The van der Waals surface area contributed by atoms with E-state index in [2.05, 4.69) is 24.9 Å².